The summed E-state index contributed by atoms with van der Waals surface area (Å²) in [6.45, 7) is 9.13. The van der Waals surface area contributed by atoms with E-state index in [1.165, 1.54) is 0 Å². The third kappa shape index (κ3) is 5.92. The van der Waals surface area contributed by atoms with Crippen LogP contribution in [-0.2, 0) is 9.47 Å². The van der Waals surface area contributed by atoms with E-state index < -0.39 is 0 Å². The van der Waals surface area contributed by atoms with Crippen molar-refractivity contribution >= 4 is 0 Å². The first kappa shape index (κ1) is 17.0. The van der Waals surface area contributed by atoms with E-state index in [-0.39, 0.29) is 31.8 Å². The highest BCUT2D eigenvalue weighted by atomic mass is 16.7. The quantitative estimate of drug-likeness (QED) is 0.688. The van der Waals surface area contributed by atoms with Crippen LogP contribution in [0.15, 0.2) is 12.7 Å². The van der Waals surface area contributed by atoms with Crippen LogP contribution in [0.5, 0.6) is 0 Å². The Morgan fingerprint density at radius 2 is 1.93 bits per heavy atom. The van der Waals surface area contributed by atoms with Gasteiger partial charge in [-0.2, -0.15) is 0 Å². The molecule has 0 aromatic carbocycles. The lowest BCUT2D eigenvalue weighted by atomic mass is 9.94. The van der Waals surface area contributed by atoms with Gasteiger partial charge in [0, 0.05) is 13.5 Å². The Labute approximate surface area is 94.1 Å². The fraction of sp³-hybridized carbons (Fsp3) is 0.833. The maximum Gasteiger partial charge on any atom is 0.158 e. The molecule has 0 aromatic heterocycles. The number of allylic oxidation sites excluding steroid dienone is 1. The van der Waals surface area contributed by atoms with Crippen molar-refractivity contribution in [3.63, 3.8) is 0 Å². The number of hydrogen-bond donors (Lipinski definition) is 1. The first-order valence-corrected chi connectivity index (χ1v) is 5.00. The summed E-state index contributed by atoms with van der Waals surface area (Å²) >= 11 is 0. The van der Waals surface area contributed by atoms with E-state index in [0.29, 0.717) is 0 Å². The molecule has 0 saturated carbocycles. The minimum Gasteiger partial charge on any atom is -0.390 e. The number of aliphatic hydroxyl groups excluding tert-OH is 1. The second kappa shape index (κ2) is 8.89. The molecule has 1 heterocycles. The average Bonchev–Trinajstić information content (AvgIpc) is 2.14. The van der Waals surface area contributed by atoms with Crippen molar-refractivity contribution in [1.29, 1.82) is 0 Å². The maximum atomic E-state index is 9.48. The van der Waals surface area contributed by atoms with Crippen molar-refractivity contribution in [2.45, 2.75) is 53.1 Å². The number of ether oxygens (including phenoxy) is 2. The minimum absolute atomic E-state index is 0. The Balaban J connectivity index is 0. The molecule has 0 amide bonds. The normalized spacial score (nSPS) is 34.5. The molecular weight excluding hydrogens is 192 g/mol. The van der Waals surface area contributed by atoms with Crippen LogP contribution in [0.4, 0.5) is 0 Å². The first-order valence-electron chi connectivity index (χ1n) is 5.00. The summed E-state index contributed by atoms with van der Waals surface area (Å²) in [4.78, 5) is 0. The lowest BCUT2D eigenvalue weighted by molar-refractivity contribution is -0.221. The average molecular weight is 218 g/mol. The summed E-state index contributed by atoms with van der Waals surface area (Å²) in [7, 11) is 1.63. The minimum atomic E-state index is -0.346. The third-order valence-corrected chi connectivity index (χ3v) is 2.26. The van der Waals surface area contributed by atoms with Crippen LogP contribution < -0.4 is 0 Å². The van der Waals surface area contributed by atoms with Crippen LogP contribution in [0.1, 0.15) is 34.6 Å². The Morgan fingerprint density at radius 3 is 2.27 bits per heavy atom. The van der Waals surface area contributed by atoms with E-state index in [4.69, 9.17) is 9.47 Å². The van der Waals surface area contributed by atoms with Crippen molar-refractivity contribution in [1.82, 2.24) is 0 Å². The van der Waals surface area contributed by atoms with Gasteiger partial charge in [-0.15, -0.1) is 6.58 Å². The van der Waals surface area contributed by atoms with Crippen molar-refractivity contribution in [3.8, 4) is 0 Å². The van der Waals surface area contributed by atoms with Crippen molar-refractivity contribution < 1.29 is 14.6 Å². The first-order chi connectivity index (χ1) is 6.56. The molecule has 1 rings (SSSR count). The second-order valence-corrected chi connectivity index (χ2v) is 3.62. The van der Waals surface area contributed by atoms with E-state index in [1.807, 2.05) is 20.8 Å². The lowest BCUT2D eigenvalue weighted by Gasteiger charge is -2.35. The van der Waals surface area contributed by atoms with E-state index in [2.05, 4.69) is 6.58 Å². The third-order valence-electron chi connectivity index (χ3n) is 2.26. The molecule has 92 valence electrons. The summed E-state index contributed by atoms with van der Waals surface area (Å²) in [6.07, 6.45) is 1.94. The molecule has 4 atom stereocenters. The van der Waals surface area contributed by atoms with Gasteiger partial charge in [0.1, 0.15) is 0 Å². The molecule has 0 radical (unpaired) electrons. The van der Waals surface area contributed by atoms with E-state index in [0.717, 1.165) is 6.42 Å². The van der Waals surface area contributed by atoms with E-state index in [9.17, 15) is 5.11 Å². The molecule has 0 bridgehead atoms. The molecule has 0 unspecified atom stereocenters. The standard InChI is InChI=1S/C8H16O3.C3H6.CH4/c1-5-4-7(10-3)11-6(2)8(5)9;1-3-2;/h5-9H,4H2,1-3H3;3H,1H2,2H3;1H4/t5-,6-,7-,8+;;/m1../s1. The lowest BCUT2D eigenvalue weighted by Crippen LogP contribution is -2.42. The molecule has 3 heteroatoms. The zero-order valence-corrected chi connectivity index (χ0v) is 9.56. The van der Waals surface area contributed by atoms with Crippen molar-refractivity contribution in [3.05, 3.63) is 12.7 Å². The van der Waals surface area contributed by atoms with Crippen molar-refractivity contribution in [2.75, 3.05) is 7.11 Å². The van der Waals surface area contributed by atoms with Gasteiger partial charge in [0.2, 0.25) is 0 Å². The smallest absolute Gasteiger partial charge is 0.158 e. The van der Waals surface area contributed by atoms with Gasteiger partial charge in [0.25, 0.3) is 0 Å². The molecular formula is C12H26O3. The van der Waals surface area contributed by atoms with Gasteiger partial charge in [-0.25, -0.2) is 0 Å². The molecule has 1 aliphatic heterocycles. The summed E-state index contributed by atoms with van der Waals surface area (Å²) in [5, 5.41) is 9.48. The fourth-order valence-electron chi connectivity index (χ4n) is 1.43. The Hall–Kier alpha value is -0.380. The zero-order chi connectivity index (χ0) is 11.1. The number of hydrogen-bond acceptors (Lipinski definition) is 3. The van der Waals surface area contributed by atoms with Crippen LogP contribution in [0.25, 0.3) is 0 Å². The van der Waals surface area contributed by atoms with Crippen LogP contribution >= 0.6 is 0 Å². The predicted octanol–water partition coefficient (Wildman–Crippen LogP) is 2.59. The van der Waals surface area contributed by atoms with Gasteiger partial charge < -0.3 is 14.6 Å². The molecule has 1 saturated heterocycles. The van der Waals surface area contributed by atoms with E-state index in [1.54, 1.807) is 13.2 Å². The molecule has 0 aromatic rings. The molecule has 15 heavy (non-hydrogen) atoms. The number of rotatable bonds is 1. The Morgan fingerprint density at radius 1 is 1.47 bits per heavy atom. The van der Waals surface area contributed by atoms with E-state index >= 15 is 0 Å². The summed E-state index contributed by atoms with van der Waals surface area (Å²) in [5.74, 6) is 0.267. The topological polar surface area (TPSA) is 38.7 Å². The highest BCUT2D eigenvalue weighted by Gasteiger charge is 2.32. The van der Waals surface area contributed by atoms with Crippen LogP contribution in [0, 0.1) is 5.92 Å². The van der Waals surface area contributed by atoms with Gasteiger partial charge >= 0.3 is 0 Å². The zero-order valence-electron chi connectivity index (χ0n) is 9.56. The van der Waals surface area contributed by atoms with Crippen LogP contribution in [-0.4, -0.2) is 30.7 Å². The summed E-state index contributed by atoms with van der Waals surface area (Å²) in [5.41, 5.74) is 0. The SMILES string of the molecule is C.C=CC.CO[C@H]1C[C@@H](C)[C@H](O)[C@@H](C)O1. The van der Waals surface area contributed by atoms with Gasteiger partial charge in [-0.05, 0) is 19.8 Å². The molecule has 1 aliphatic rings. The van der Waals surface area contributed by atoms with Crippen LogP contribution in [0.2, 0.25) is 0 Å². The van der Waals surface area contributed by atoms with Gasteiger partial charge in [-0.3, -0.25) is 0 Å². The van der Waals surface area contributed by atoms with Gasteiger partial charge in [-0.1, -0.05) is 20.4 Å². The predicted molar refractivity (Wildman–Crippen MR) is 63.7 cm³/mol. The number of aliphatic hydroxyl groups is 1. The number of methoxy groups -OCH3 is 1. The fourth-order valence-corrected chi connectivity index (χ4v) is 1.43. The van der Waals surface area contributed by atoms with Gasteiger partial charge in [0.05, 0.1) is 12.2 Å². The molecule has 0 spiro atoms. The van der Waals surface area contributed by atoms with Crippen LogP contribution in [0.3, 0.4) is 0 Å². The van der Waals surface area contributed by atoms with Crippen molar-refractivity contribution in [2.24, 2.45) is 5.92 Å². The second-order valence-electron chi connectivity index (χ2n) is 3.62. The largest absolute Gasteiger partial charge is 0.390 e. The van der Waals surface area contributed by atoms with Gasteiger partial charge in [0.15, 0.2) is 6.29 Å². The Kier molecular flexibility index (Phi) is 10.1. The summed E-state index contributed by atoms with van der Waals surface area (Å²) < 4.78 is 10.4. The molecule has 0 aliphatic carbocycles. The molecule has 1 N–H and O–H groups in total. The highest BCUT2D eigenvalue weighted by Crippen LogP contribution is 2.24. The molecule has 3 nitrogen and oxygen atoms in total. The monoisotopic (exact) mass is 218 g/mol. The maximum absolute atomic E-state index is 9.48. The Bertz CT molecular complexity index is 147. The summed E-state index contributed by atoms with van der Waals surface area (Å²) in [6, 6.07) is 0. The molecule has 1 fully saturated rings. The highest BCUT2D eigenvalue weighted by molar-refractivity contribution is 4.77.